The molecular formula is C14H9ClFNS. The summed E-state index contributed by atoms with van der Waals surface area (Å²) in [5, 5.41) is 9.47. The first kappa shape index (κ1) is 12.9. The van der Waals surface area contributed by atoms with Crippen molar-refractivity contribution in [1.29, 1.82) is 5.26 Å². The topological polar surface area (TPSA) is 23.8 Å². The normalized spacial score (nSPS) is 10.1. The summed E-state index contributed by atoms with van der Waals surface area (Å²) < 4.78 is 13.2. The molecular weight excluding hydrogens is 269 g/mol. The van der Waals surface area contributed by atoms with Gasteiger partial charge < -0.3 is 0 Å². The Morgan fingerprint density at radius 3 is 2.72 bits per heavy atom. The quantitative estimate of drug-likeness (QED) is 0.763. The van der Waals surface area contributed by atoms with E-state index in [-0.39, 0.29) is 0 Å². The fraction of sp³-hybridized carbons (Fsp3) is 0.0714. The number of nitrogens with zero attached hydrogens (tertiary/aromatic N) is 1. The van der Waals surface area contributed by atoms with Crippen LogP contribution in [0.4, 0.5) is 4.39 Å². The Kier molecular flexibility index (Phi) is 4.24. The van der Waals surface area contributed by atoms with Crippen LogP contribution in [0.1, 0.15) is 11.1 Å². The molecule has 2 aromatic carbocycles. The van der Waals surface area contributed by atoms with Gasteiger partial charge in [-0.1, -0.05) is 29.8 Å². The van der Waals surface area contributed by atoms with Crippen molar-refractivity contribution in [3.05, 3.63) is 64.4 Å². The maximum Gasteiger partial charge on any atom is 0.125 e. The summed E-state index contributed by atoms with van der Waals surface area (Å²) >= 11 is 7.50. The number of thioether (sulfide) groups is 1. The standard InChI is InChI=1S/C14H9ClFNS/c15-14-4-2-1-3-11(14)9-18-13-6-10(8-17)5-12(16)7-13/h1-7H,9H2. The molecule has 0 atom stereocenters. The van der Waals surface area contributed by atoms with Gasteiger partial charge in [0.1, 0.15) is 5.82 Å². The summed E-state index contributed by atoms with van der Waals surface area (Å²) in [6.45, 7) is 0. The molecule has 0 spiro atoms. The number of nitriles is 1. The van der Waals surface area contributed by atoms with E-state index < -0.39 is 5.82 Å². The van der Waals surface area contributed by atoms with Crippen molar-refractivity contribution in [3.8, 4) is 6.07 Å². The van der Waals surface area contributed by atoms with E-state index >= 15 is 0 Å². The van der Waals surface area contributed by atoms with Crippen LogP contribution in [0, 0.1) is 17.1 Å². The van der Waals surface area contributed by atoms with E-state index in [1.54, 1.807) is 6.07 Å². The molecule has 2 aromatic rings. The predicted octanol–water partition coefficient (Wildman–Crippen LogP) is 4.64. The Morgan fingerprint density at radius 2 is 2.00 bits per heavy atom. The molecule has 0 aliphatic carbocycles. The number of benzene rings is 2. The van der Waals surface area contributed by atoms with Gasteiger partial charge in [0.15, 0.2) is 0 Å². The molecule has 0 aliphatic rings. The van der Waals surface area contributed by atoms with E-state index in [1.165, 1.54) is 23.9 Å². The molecule has 0 fully saturated rings. The maximum absolute atomic E-state index is 13.2. The van der Waals surface area contributed by atoms with Crippen LogP contribution >= 0.6 is 23.4 Å². The second-order valence-electron chi connectivity index (χ2n) is 3.67. The van der Waals surface area contributed by atoms with Gasteiger partial charge in [-0.15, -0.1) is 11.8 Å². The lowest BCUT2D eigenvalue weighted by atomic mass is 10.2. The molecule has 90 valence electrons. The average molecular weight is 278 g/mol. The summed E-state index contributed by atoms with van der Waals surface area (Å²) in [7, 11) is 0. The summed E-state index contributed by atoms with van der Waals surface area (Å²) in [5.41, 5.74) is 1.32. The van der Waals surface area contributed by atoms with Gasteiger partial charge in [-0.3, -0.25) is 0 Å². The first-order valence-corrected chi connectivity index (χ1v) is 6.62. The third kappa shape index (κ3) is 3.25. The van der Waals surface area contributed by atoms with Gasteiger partial charge in [0.05, 0.1) is 11.6 Å². The van der Waals surface area contributed by atoms with Gasteiger partial charge in [0, 0.05) is 15.7 Å². The Balaban J connectivity index is 2.14. The molecule has 4 heteroatoms. The first-order valence-electron chi connectivity index (χ1n) is 5.26. The van der Waals surface area contributed by atoms with Crippen LogP contribution in [-0.4, -0.2) is 0 Å². The third-order valence-corrected chi connectivity index (χ3v) is 3.75. The highest BCUT2D eigenvalue weighted by molar-refractivity contribution is 7.98. The van der Waals surface area contributed by atoms with Crippen molar-refractivity contribution in [2.24, 2.45) is 0 Å². The van der Waals surface area contributed by atoms with Crippen LogP contribution in [0.5, 0.6) is 0 Å². The van der Waals surface area contributed by atoms with E-state index in [0.29, 0.717) is 16.3 Å². The molecule has 0 bridgehead atoms. The first-order chi connectivity index (χ1) is 8.69. The highest BCUT2D eigenvalue weighted by Gasteiger charge is 2.04. The Labute approximate surface area is 114 Å². The molecule has 2 rings (SSSR count). The molecule has 1 nitrogen and oxygen atoms in total. The molecule has 0 amide bonds. The SMILES string of the molecule is N#Cc1cc(F)cc(SCc2ccccc2Cl)c1. The van der Waals surface area contributed by atoms with Gasteiger partial charge >= 0.3 is 0 Å². The van der Waals surface area contributed by atoms with Crippen LogP contribution in [-0.2, 0) is 5.75 Å². The predicted molar refractivity (Wildman–Crippen MR) is 72.1 cm³/mol. The van der Waals surface area contributed by atoms with Crippen molar-refractivity contribution in [2.45, 2.75) is 10.6 Å². The van der Waals surface area contributed by atoms with E-state index in [4.69, 9.17) is 16.9 Å². The molecule has 0 N–H and O–H groups in total. The monoisotopic (exact) mass is 277 g/mol. The number of rotatable bonds is 3. The fourth-order valence-electron chi connectivity index (χ4n) is 1.49. The molecule has 18 heavy (non-hydrogen) atoms. The lowest BCUT2D eigenvalue weighted by Crippen LogP contribution is -1.85. The van der Waals surface area contributed by atoms with Crippen molar-refractivity contribution < 1.29 is 4.39 Å². The van der Waals surface area contributed by atoms with Crippen LogP contribution in [0.3, 0.4) is 0 Å². The van der Waals surface area contributed by atoms with Crippen LogP contribution in [0.25, 0.3) is 0 Å². The van der Waals surface area contributed by atoms with Crippen molar-refractivity contribution in [2.75, 3.05) is 0 Å². The zero-order chi connectivity index (χ0) is 13.0. The summed E-state index contributed by atoms with van der Waals surface area (Å²) in [5.74, 6) is 0.254. The molecule has 0 saturated carbocycles. The zero-order valence-electron chi connectivity index (χ0n) is 9.36. The molecule has 0 saturated heterocycles. The molecule has 0 unspecified atom stereocenters. The zero-order valence-corrected chi connectivity index (χ0v) is 10.9. The lowest BCUT2D eigenvalue weighted by molar-refractivity contribution is 0.623. The number of halogens is 2. The summed E-state index contributed by atoms with van der Waals surface area (Å²) in [6.07, 6.45) is 0. The molecule has 0 radical (unpaired) electrons. The average Bonchev–Trinajstić information content (AvgIpc) is 2.37. The highest BCUT2D eigenvalue weighted by atomic mass is 35.5. The number of hydrogen-bond donors (Lipinski definition) is 0. The van der Waals surface area contributed by atoms with Crippen molar-refractivity contribution in [3.63, 3.8) is 0 Å². The minimum Gasteiger partial charge on any atom is -0.207 e. The second-order valence-corrected chi connectivity index (χ2v) is 5.12. The van der Waals surface area contributed by atoms with Crippen molar-refractivity contribution in [1.82, 2.24) is 0 Å². The molecule has 0 heterocycles. The van der Waals surface area contributed by atoms with E-state index in [9.17, 15) is 4.39 Å². The van der Waals surface area contributed by atoms with Gasteiger partial charge in [-0.05, 0) is 29.8 Å². The summed E-state index contributed by atoms with van der Waals surface area (Å²) in [6, 6.07) is 13.8. The van der Waals surface area contributed by atoms with E-state index in [2.05, 4.69) is 0 Å². The van der Waals surface area contributed by atoms with Gasteiger partial charge in [-0.25, -0.2) is 4.39 Å². The van der Waals surface area contributed by atoms with E-state index in [1.807, 2.05) is 30.3 Å². The van der Waals surface area contributed by atoms with Gasteiger partial charge in [0.25, 0.3) is 0 Å². The van der Waals surface area contributed by atoms with Gasteiger partial charge in [-0.2, -0.15) is 5.26 Å². The lowest BCUT2D eigenvalue weighted by Gasteiger charge is -2.04. The van der Waals surface area contributed by atoms with E-state index in [0.717, 1.165) is 10.5 Å². The van der Waals surface area contributed by atoms with Crippen LogP contribution < -0.4 is 0 Å². The Hall–Kier alpha value is -1.50. The Morgan fingerprint density at radius 1 is 1.22 bits per heavy atom. The largest absolute Gasteiger partial charge is 0.207 e. The minimum absolute atomic E-state index is 0.330. The molecule has 0 aliphatic heterocycles. The fourth-order valence-corrected chi connectivity index (χ4v) is 2.75. The van der Waals surface area contributed by atoms with Gasteiger partial charge in [0.2, 0.25) is 0 Å². The van der Waals surface area contributed by atoms with Crippen LogP contribution in [0.2, 0.25) is 5.02 Å². The maximum atomic E-state index is 13.2. The summed E-state index contributed by atoms with van der Waals surface area (Å²) in [4.78, 5) is 0.728. The van der Waals surface area contributed by atoms with Crippen molar-refractivity contribution >= 4 is 23.4 Å². The third-order valence-electron chi connectivity index (χ3n) is 2.35. The smallest absolute Gasteiger partial charge is 0.125 e. The second kappa shape index (κ2) is 5.90. The van der Waals surface area contributed by atoms with Crippen LogP contribution in [0.15, 0.2) is 47.4 Å². The molecule has 0 aromatic heterocycles. The highest BCUT2D eigenvalue weighted by Crippen LogP contribution is 2.27. The Bertz CT molecular complexity index is 607. The number of hydrogen-bond acceptors (Lipinski definition) is 2. The minimum atomic E-state index is -0.393.